The Morgan fingerprint density at radius 2 is 1.79 bits per heavy atom. The summed E-state index contributed by atoms with van der Waals surface area (Å²) in [6, 6.07) is 8.80. The molecule has 0 heterocycles. The van der Waals surface area contributed by atoms with Crippen LogP contribution in [0.4, 0.5) is 0 Å². The van der Waals surface area contributed by atoms with Crippen LogP contribution in [-0.2, 0) is 17.6 Å². The molecule has 0 fully saturated rings. The SMILES string of the molecule is CCc1ccc(CC(CC(=O)O)NC(C)CC)cc1. The van der Waals surface area contributed by atoms with Crippen molar-refractivity contribution in [3.63, 3.8) is 0 Å². The molecule has 0 aliphatic heterocycles. The fourth-order valence-electron chi connectivity index (χ4n) is 2.12. The minimum absolute atomic E-state index is 0.0000680. The number of aliphatic carboxylic acids is 1. The molecule has 3 nitrogen and oxygen atoms in total. The maximum absolute atomic E-state index is 10.9. The fraction of sp³-hybridized carbons (Fsp3) is 0.562. The molecule has 0 aliphatic rings. The molecule has 2 N–H and O–H groups in total. The molecule has 19 heavy (non-hydrogen) atoms. The lowest BCUT2D eigenvalue weighted by molar-refractivity contribution is -0.137. The van der Waals surface area contributed by atoms with Gasteiger partial charge in [-0.3, -0.25) is 4.79 Å². The van der Waals surface area contributed by atoms with Crippen molar-refractivity contribution >= 4 is 5.97 Å². The summed E-state index contributed by atoms with van der Waals surface area (Å²) in [4.78, 5) is 10.9. The third-order valence-electron chi connectivity index (χ3n) is 3.47. The Kier molecular flexibility index (Phi) is 6.57. The third kappa shape index (κ3) is 5.88. The van der Waals surface area contributed by atoms with E-state index in [-0.39, 0.29) is 12.5 Å². The molecule has 1 rings (SSSR count). The van der Waals surface area contributed by atoms with E-state index in [1.165, 1.54) is 11.1 Å². The van der Waals surface area contributed by atoms with Gasteiger partial charge in [-0.15, -0.1) is 0 Å². The summed E-state index contributed by atoms with van der Waals surface area (Å²) < 4.78 is 0. The summed E-state index contributed by atoms with van der Waals surface area (Å²) in [6.45, 7) is 6.33. The molecule has 0 aromatic heterocycles. The van der Waals surface area contributed by atoms with Crippen LogP contribution in [0.2, 0.25) is 0 Å². The molecular weight excluding hydrogens is 238 g/mol. The molecule has 1 aromatic rings. The van der Waals surface area contributed by atoms with E-state index in [1.807, 2.05) is 0 Å². The van der Waals surface area contributed by atoms with E-state index in [2.05, 4.69) is 50.4 Å². The van der Waals surface area contributed by atoms with Crippen LogP contribution in [0.15, 0.2) is 24.3 Å². The van der Waals surface area contributed by atoms with Crippen molar-refractivity contribution in [1.82, 2.24) is 5.32 Å². The van der Waals surface area contributed by atoms with Gasteiger partial charge in [0.25, 0.3) is 0 Å². The highest BCUT2D eigenvalue weighted by Crippen LogP contribution is 2.10. The second-order valence-electron chi connectivity index (χ2n) is 5.14. The fourth-order valence-corrected chi connectivity index (χ4v) is 2.12. The first-order valence-electron chi connectivity index (χ1n) is 7.10. The van der Waals surface area contributed by atoms with Gasteiger partial charge in [0, 0.05) is 12.1 Å². The van der Waals surface area contributed by atoms with Crippen molar-refractivity contribution in [1.29, 1.82) is 0 Å². The Labute approximate surface area is 116 Å². The molecule has 0 amide bonds. The molecule has 0 aliphatic carbocycles. The number of nitrogens with one attached hydrogen (secondary N) is 1. The second-order valence-corrected chi connectivity index (χ2v) is 5.14. The van der Waals surface area contributed by atoms with Gasteiger partial charge in [0.2, 0.25) is 0 Å². The number of hydrogen-bond acceptors (Lipinski definition) is 2. The van der Waals surface area contributed by atoms with Gasteiger partial charge < -0.3 is 10.4 Å². The van der Waals surface area contributed by atoms with Gasteiger partial charge in [0.15, 0.2) is 0 Å². The highest BCUT2D eigenvalue weighted by molar-refractivity contribution is 5.67. The van der Waals surface area contributed by atoms with Crippen molar-refractivity contribution in [2.45, 2.75) is 58.5 Å². The molecule has 0 radical (unpaired) electrons. The Balaban J connectivity index is 2.66. The minimum Gasteiger partial charge on any atom is -0.481 e. The van der Waals surface area contributed by atoms with E-state index in [0.29, 0.717) is 6.04 Å². The first-order valence-corrected chi connectivity index (χ1v) is 7.10. The quantitative estimate of drug-likeness (QED) is 0.758. The van der Waals surface area contributed by atoms with E-state index >= 15 is 0 Å². The highest BCUT2D eigenvalue weighted by atomic mass is 16.4. The van der Waals surface area contributed by atoms with E-state index in [4.69, 9.17) is 5.11 Å². The summed E-state index contributed by atoms with van der Waals surface area (Å²) in [5.74, 6) is -0.744. The number of benzene rings is 1. The number of carboxylic acids is 1. The zero-order valence-corrected chi connectivity index (χ0v) is 12.1. The summed E-state index contributed by atoms with van der Waals surface area (Å²) in [5.41, 5.74) is 2.51. The van der Waals surface area contributed by atoms with E-state index in [0.717, 1.165) is 19.3 Å². The molecule has 3 heteroatoms. The average molecular weight is 263 g/mol. The van der Waals surface area contributed by atoms with Crippen LogP contribution in [0.25, 0.3) is 0 Å². The van der Waals surface area contributed by atoms with Crippen LogP contribution in [0.3, 0.4) is 0 Å². The maximum atomic E-state index is 10.9. The Morgan fingerprint density at radius 1 is 1.21 bits per heavy atom. The van der Waals surface area contributed by atoms with Crippen LogP contribution >= 0.6 is 0 Å². The molecule has 1 aromatic carbocycles. The van der Waals surface area contributed by atoms with Gasteiger partial charge in [-0.1, -0.05) is 38.1 Å². The van der Waals surface area contributed by atoms with Crippen molar-refractivity contribution in [2.75, 3.05) is 0 Å². The summed E-state index contributed by atoms with van der Waals surface area (Å²) >= 11 is 0. The number of carbonyl (C=O) groups is 1. The smallest absolute Gasteiger partial charge is 0.304 e. The lowest BCUT2D eigenvalue weighted by Gasteiger charge is -2.21. The van der Waals surface area contributed by atoms with Gasteiger partial charge in [-0.05, 0) is 37.3 Å². The number of carboxylic acid groups (broad SMARTS) is 1. The second kappa shape index (κ2) is 7.95. The van der Waals surface area contributed by atoms with Gasteiger partial charge >= 0.3 is 5.97 Å². The largest absolute Gasteiger partial charge is 0.481 e. The standard InChI is InChI=1S/C16H25NO2/c1-4-12(3)17-15(11-16(18)19)10-14-8-6-13(5-2)7-9-14/h6-9,12,15,17H,4-5,10-11H2,1-3H3,(H,18,19). The Morgan fingerprint density at radius 3 is 2.26 bits per heavy atom. The normalized spacial score (nSPS) is 14.1. The van der Waals surface area contributed by atoms with Crippen LogP contribution < -0.4 is 5.32 Å². The van der Waals surface area contributed by atoms with Crippen molar-refractivity contribution in [3.8, 4) is 0 Å². The number of aryl methyl sites for hydroxylation is 1. The number of rotatable bonds is 8. The molecule has 0 spiro atoms. The lowest BCUT2D eigenvalue weighted by Crippen LogP contribution is -2.39. The van der Waals surface area contributed by atoms with Crippen LogP contribution in [0.1, 0.15) is 44.7 Å². The van der Waals surface area contributed by atoms with Crippen LogP contribution in [-0.4, -0.2) is 23.2 Å². The van der Waals surface area contributed by atoms with Gasteiger partial charge in [-0.25, -0.2) is 0 Å². The minimum atomic E-state index is -0.744. The van der Waals surface area contributed by atoms with E-state index < -0.39 is 5.97 Å². The van der Waals surface area contributed by atoms with Crippen molar-refractivity contribution < 1.29 is 9.90 Å². The lowest BCUT2D eigenvalue weighted by atomic mass is 10.0. The van der Waals surface area contributed by atoms with Gasteiger partial charge in [-0.2, -0.15) is 0 Å². The topological polar surface area (TPSA) is 49.3 Å². The van der Waals surface area contributed by atoms with Crippen molar-refractivity contribution in [3.05, 3.63) is 35.4 Å². The van der Waals surface area contributed by atoms with E-state index in [9.17, 15) is 4.79 Å². The Bertz CT molecular complexity index is 386. The molecule has 0 bridgehead atoms. The van der Waals surface area contributed by atoms with E-state index in [1.54, 1.807) is 0 Å². The molecular formula is C16H25NO2. The zero-order valence-electron chi connectivity index (χ0n) is 12.1. The number of hydrogen-bond donors (Lipinski definition) is 2. The average Bonchev–Trinajstić information content (AvgIpc) is 2.38. The molecule has 0 saturated carbocycles. The van der Waals surface area contributed by atoms with Crippen molar-refractivity contribution in [2.24, 2.45) is 0 Å². The summed E-state index contributed by atoms with van der Waals surface area (Å²) in [6.07, 6.45) is 2.97. The summed E-state index contributed by atoms with van der Waals surface area (Å²) in [5, 5.41) is 12.4. The highest BCUT2D eigenvalue weighted by Gasteiger charge is 2.15. The maximum Gasteiger partial charge on any atom is 0.304 e. The molecule has 106 valence electrons. The zero-order chi connectivity index (χ0) is 14.3. The third-order valence-corrected chi connectivity index (χ3v) is 3.47. The monoisotopic (exact) mass is 263 g/mol. The summed E-state index contributed by atoms with van der Waals surface area (Å²) in [7, 11) is 0. The first kappa shape index (κ1) is 15.7. The van der Waals surface area contributed by atoms with Crippen LogP contribution in [0.5, 0.6) is 0 Å². The Hall–Kier alpha value is -1.35. The van der Waals surface area contributed by atoms with Crippen LogP contribution in [0, 0.1) is 0 Å². The first-order chi connectivity index (χ1) is 9.05. The molecule has 2 unspecified atom stereocenters. The molecule has 0 saturated heterocycles. The molecule has 2 atom stereocenters. The van der Waals surface area contributed by atoms with Gasteiger partial charge in [0.1, 0.15) is 0 Å². The predicted octanol–water partition coefficient (Wildman–Crippen LogP) is 3.02. The predicted molar refractivity (Wildman–Crippen MR) is 78.5 cm³/mol. The van der Waals surface area contributed by atoms with Gasteiger partial charge in [0.05, 0.1) is 6.42 Å².